The topological polar surface area (TPSA) is 74.6 Å². The lowest BCUT2D eigenvalue weighted by atomic mass is 9.46. The van der Waals surface area contributed by atoms with Crippen molar-refractivity contribution in [2.45, 2.75) is 45.6 Å². The van der Waals surface area contributed by atoms with E-state index in [0.29, 0.717) is 6.42 Å². The molecule has 0 aliphatic heterocycles. The normalized spacial score (nSPS) is 49.8. The van der Waals surface area contributed by atoms with Crippen molar-refractivity contribution in [1.29, 1.82) is 0 Å². The van der Waals surface area contributed by atoms with E-state index in [1.807, 2.05) is 13.0 Å². The number of aliphatic hydroxyl groups is 1. The maximum atomic E-state index is 14.4. The molecule has 0 aromatic rings. The van der Waals surface area contributed by atoms with Crippen molar-refractivity contribution in [3.05, 3.63) is 23.8 Å². The largest absolute Gasteiger partial charge is 0.481 e. The van der Waals surface area contributed by atoms with E-state index in [0.717, 1.165) is 18.4 Å². The summed E-state index contributed by atoms with van der Waals surface area (Å²) in [5, 5.41) is 20.9. The Morgan fingerprint density at radius 1 is 1.42 bits per heavy atom. The first-order valence-electron chi connectivity index (χ1n) is 9.65. The Kier molecular flexibility index (Phi) is 3.96. The van der Waals surface area contributed by atoms with Gasteiger partial charge in [-0.3, -0.25) is 14.0 Å². The summed E-state index contributed by atoms with van der Waals surface area (Å²) in [6, 6.07) is 0. The van der Waals surface area contributed by atoms with Gasteiger partial charge in [-0.1, -0.05) is 25.5 Å². The first-order valence-corrected chi connectivity index (χ1v) is 9.65. The first-order chi connectivity index (χ1) is 12.2. The number of fused-ring (bicyclic) bond motifs is 5. The molecule has 4 aliphatic rings. The van der Waals surface area contributed by atoms with Crippen molar-refractivity contribution >= 4 is 11.8 Å². The molecule has 0 amide bonds. The fourth-order valence-electron chi connectivity index (χ4n) is 7.18. The quantitative estimate of drug-likeness (QED) is 0.791. The molecule has 26 heavy (non-hydrogen) atoms. The van der Waals surface area contributed by atoms with Crippen LogP contribution in [0.15, 0.2) is 23.8 Å². The number of aliphatic carboxylic acids is 1. The van der Waals surface area contributed by atoms with Gasteiger partial charge in [-0.05, 0) is 55.6 Å². The number of carboxylic acids is 1. The lowest BCUT2D eigenvalue weighted by Crippen LogP contribution is -2.58. The van der Waals surface area contributed by atoms with Crippen molar-refractivity contribution in [2.75, 3.05) is 6.67 Å². The van der Waals surface area contributed by atoms with Gasteiger partial charge in [0, 0.05) is 16.7 Å². The van der Waals surface area contributed by atoms with Crippen molar-refractivity contribution in [3.63, 3.8) is 0 Å². The van der Waals surface area contributed by atoms with Crippen LogP contribution in [-0.2, 0) is 9.59 Å². The summed E-state index contributed by atoms with van der Waals surface area (Å²) in [7, 11) is 0. The monoisotopic (exact) mass is 362 g/mol. The van der Waals surface area contributed by atoms with E-state index in [-0.39, 0.29) is 35.9 Å². The Morgan fingerprint density at radius 3 is 2.81 bits per heavy atom. The smallest absolute Gasteiger partial charge is 0.307 e. The van der Waals surface area contributed by atoms with Gasteiger partial charge in [-0.15, -0.1) is 0 Å². The van der Waals surface area contributed by atoms with Crippen molar-refractivity contribution in [1.82, 2.24) is 0 Å². The summed E-state index contributed by atoms with van der Waals surface area (Å²) in [4.78, 5) is 23.7. The highest BCUT2D eigenvalue weighted by Crippen LogP contribution is 2.67. The number of carbonyl (C=O) groups is 2. The number of hydrogen-bond acceptors (Lipinski definition) is 3. The highest BCUT2D eigenvalue weighted by Gasteiger charge is 2.66. The molecule has 142 valence electrons. The molecular formula is C21H27FO4. The second-order valence-electron chi connectivity index (χ2n) is 9.19. The molecule has 4 nitrogen and oxygen atoms in total. The van der Waals surface area contributed by atoms with Crippen molar-refractivity contribution in [2.24, 2.45) is 40.4 Å². The van der Waals surface area contributed by atoms with E-state index >= 15 is 0 Å². The maximum absolute atomic E-state index is 14.4. The van der Waals surface area contributed by atoms with Crippen LogP contribution in [-0.4, -0.2) is 34.7 Å². The zero-order chi connectivity index (χ0) is 18.9. The summed E-state index contributed by atoms with van der Waals surface area (Å²) < 4.78 is 14.4. The second-order valence-corrected chi connectivity index (χ2v) is 9.19. The predicted octanol–water partition coefficient (Wildman–Crippen LogP) is 3.16. The third kappa shape index (κ3) is 2.16. The van der Waals surface area contributed by atoms with Crippen LogP contribution >= 0.6 is 0 Å². The summed E-state index contributed by atoms with van der Waals surface area (Å²) in [6.45, 7) is 3.29. The van der Waals surface area contributed by atoms with Crippen LogP contribution in [0, 0.1) is 40.4 Å². The van der Waals surface area contributed by atoms with Gasteiger partial charge in [0.1, 0.15) is 0 Å². The Morgan fingerprint density at radius 2 is 2.15 bits per heavy atom. The predicted molar refractivity (Wildman–Crippen MR) is 94.0 cm³/mol. The summed E-state index contributed by atoms with van der Waals surface area (Å²) in [6.07, 6.45) is 6.87. The van der Waals surface area contributed by atoms with Crippen LogP contribution in [0.5, 0.6) is 0 Å². The van der Waals surface area contributed by atoms with Gasteiger partial charge < -0.3 is 10.2 Å². The Bertz CT molecular complexity index is 713. The van der Waals surface area contributed by atoms with Crippen LogP contribution in [0.3, 0.4) is 0 Å². The molecule has 2 N–H and O–H groups in total. The molecule has 3 fully saturated rings. The molecule has 0 unspecified atom stereocenters. The minimum Gasteiger partial charge on any atom is -0.481 e. The fourth-order valence-corrected chi connectivity index (χ4v) is 7.18. The van der Waals surface area contributed by atoms with Crippen LogP contribution in [0.25, 0.3) is 0 Å². The molecule has 0 radical (unpaired) electrons. The zero-order valence-corrected chi connectivity index (χ0v) is 15.3. The highest BCUT2D eigenvalue weighted by molar-refractivity contribution is 6.01. The molecule has 0 aromatic carbocycles. The summed E-state index contributed by atoms with van der Waals surface area (Å²) >= 11 is 0. The Labute approximate surface area is 153 Å². The van der Waals surface area contributed by atoms with Crippen molar-refractivity contribution in [3.8, 4) is 0 Å². The van der Waals surface area contributed by atoms with Gasteiger partial charge in [0.05, 0.1) is 18.7 Å². The maximum Gasteiger partial charge on any atom is 0.307 e. The van der Waals surface area contributed by atoms with Gasteiger partial charge in [0.15, 0.2) is 5.78 Å². The number of halogens is 1. The number of ketones is 1. The Balaban J connectivity index is 1.78. The number of carbonyl (C=O) groups excluding carboxylic acids is 1. The molecule has 0 heterocycles. The molecule has 4 aliphatic carbocycles. The van der Waals surface area contributed by atoms with Crippen LogP contribution in [0.2, 0.25) is 0 Å². The standard InChI is InChI=1S/C21H27FO4/c1-11-7-15-14-4-3-12-8-13(23)5-6-20(12,2)18(14)16(24)9-21(15,10-22)17(11)19(25)26/h5-6,8,11,14-18,24H,3-4,7,9-10H2,1-2H3,(H,25,26)/t11-,14+,15+,16+,17-,18-,20+,21-/m1/s1. The van der Waals surface area contributed by atoms with E-state index < -0.39 is 35.5 Å². The van der Waals surface area contributed by atoms with Crippen LogP contribution in [0.1, 0.15) is 39.5 Å². The van der Waals surface area contributed by atoms with Gasteiger partial charge in [0.2, 0.25) is 0 Å². The first kappa shape index (κ1) is 17.9. The molecule has 0 bridgehead atoms. The van der Waals surface area contributed by atoms with Gasteiger partial charge in [-0.25, -0.2) is 0 Å². The number of rotatable bonds is 2. The van der Waals surface area contributed by atoms with E-state index in [1.54, 1.807) is 12.2 Å². The van der Waals surface area contributed by atoms with E-state index in [2.05, 4.69) is 6.92 Å². The lowest BCUT2D eigenvalue weighted by molar-refractivity contribution is -0.161. The second kappa shape index (κ2) is 5.75. The van der Waals surface area contributed by atoms with E-state index in [4.69, 9.17) is 0 Å². The highest BCUT2D eigenvalue weighted by atomic mass is 19.1. The molecule has 0 saturated heterocycles. The molecule has 5 heteroatoms. The van der Waals surface area contributed by atoms with Gasteiger partial charge in [0.25, 0.3) is 0 Å². The summed E-state index contributed by atoms with van der Waals surface area (Å²) in [5.74, 6) is -1.80. The fraction of sp³-hybridized carbons (Fsp3) is 0.714. The molecule has 4 rings (SSSR count). The third-order valence-electron chi connectivity index (χ3n) is 8.09. The van der Waals surface area contributed by atoms with Crippen molar-refractivity contribution < 1.29 is 24.2 Å². The average Bonchev–Trinajstić information content (AvgIpc) is 2.87. The number of alkyl halides is 1. The van der Waals surface area contributed by atoms with Crippen LogP contribution < -0.4 is 0 Å². The summed E-state index contributed by atoms with van der Waals surface area (Å²) in [5.41, 5.74) is -0.306. The molecular weight excluding hydrogens is 335 g/mol. The average molecular weight is 362 g/mol. The van der Waals surface area contributed by atoms with E-state index in [1.165, 1.54) is 0 Å². The molecule has 0 aromatic heterocycles. The van der Waals surface area contributed by atoms with Gasteiger partial charge >= 0.3 is 5.97 Å². The van der Waals surface area contributed by atoms with E-state index in [9.17, 15) is 24.2 Å². The van der Waals surface area contributed by atoms with Crippen LogP contribution in [0.4, 0.5) is 4.39 Å². The third-order valence-corrected chi connectivity index (χ3v) is 8.09. The minimum absolute atomic E-state index is 0.0141. The lowest BCUT2D eigenvalue weighted by Gasteiger charge is -2.58. The number of allylic oxidation sites excluding steroid dienone is 4. The minimum atomic E-state index is -0.961. The Hall–Kier alpha value is -1.49. The molecule has 8 atom stereocenters. The zero-order valence-electron chi connectivity index (χ0n) is 15.3. The molecule has 0 spiro atoms. The number of aliphatic hydroxyl groups excluding tert-OH is 1. The SMILES string of the molecule is C[C@@H]1C[C@H]2[C@@H]3CCC4=CC(=O)C=C[C@]4(C)[C@H]3[C@@H](O)C[C@]2(CF)[C@H]1C(=O)O. The van der Waals surface area contributed by atoms with Gasteiger partial charge in [-0.2, -0.15) is 0 Å². The number of carboxylic acid groups (broad SMARTS) is 1. The molecule has 3 saturated carbocycles. The number of hydrogen-bond donors (Lipinski definition) is 2.